The number of carbonyl (C=O) groups excluding carboxylic acids is 1. The van der Waals surface area contributed by atoms with Crippen LogP contribution in [0.25, 0.3) is 10.1 Å². The maximum absolute atomic E-state index is 12.7. The summed E-state index contributed by atoms with van der Waals surface area (Å²) in [6.07, 6.45) is 0. The standard InChI is InChI=1S/C17H14BrNOS/c1-19(10-12-6-2-4-8-15(12)18)17(20)14-11-21-16-9-5-3-7-13(14)16/h2-9,11H,10H2,1H3. The fourth-order valence-corrected chi connectivity index (χ4v) is 3.65. The maximum Gasteiger partial charge on any atom is 0.255 e. The highest BCUT2D eigenvalue weighted by Gasteiger charge is 2.16. The van der Waals surface area contributed by atoms with Gasteiger partial charge in [-0.2, -0.15) is 0 Å². The van der Waals surface area contributed by atoms with Crippen LogP contribution >= 0.6 is 27.3 Å². The van der Waals surface area contributed by atoms with Gasteiger partial charge in [-0.3, -0.25) is 4.79 Å². The molecule has 1 aromatic heterocycles. The maximum atomic E-state index is 12.7. The zero-order valence-corrected chi connectivity index (χ0v) is 13.9. The van der Waals surface area contributed by atoms with E-state index in [9.17, 15) is 4.79 Å². The molecule has 2 nitrogen and oxygen atoms in total. The zero-order chi connectivity index (χ0) is 14.8. The summed E-state index contributed by atoms with van der Waals surface area (Å²) in [7, 11) is 1.84. The van der Waals surface area contributed by atoms with E-state index in [4.69, 9.17) is 0 Å². The number of thiophene rings is 1. The largest absolute Gasteiger partial charge is 0.337 e. The zero-order valence-electron chi connectivity index (χ0n) is 11.5. The minimum Gasteiger partial charge on any atom is -0.337 e. The molecular formula is C17H14BrNOS. The number of nitrogens with zero attached hydrogens (tertiary/aromatic N) is 1. The summed E-state index contributed by atoms with van der Waals surface area (Å²) in [6.45, 7) is 0.588. The van der Waals surface area contributed by atoms with Crippen LogP contribution in [0.2, 0.25) is 0 Å². The van der Waals surface area contributed by atoms with Crippen molar-refractivity contribution in [2.75, 3.05) is 7.05 Å². The molecule has 0 N–H and O–H groups in total. The first kappa shape index (κ1) is 14.3. The van der Waals surface area contributed by atoms with Gasteiger partial charge in [0, 0.05) is 33.5 Å². The van der Waals surface area contributed by atoms with E-state index in [-0.39, 0.29) is 5.91 Å². The molecule has 0 fully saturated rings. The van der Waals surface area contributed by atoms with E-state index in [2.05, 4.69) is 15.9 Å². The van der Waals surface area contributed by atoms with Gasteiger partial charge in [-0.05, 0) is 17.7 Å². The van der Waals surface area contributed by atoms with Crippen molar-refractivity contribution in [3.63, 3.8) is 0 Å². The van der Waals surface area contributed by atoms with Crippen molar-refractivity contribution in [2.45, 2.75) is 6.54 Å². The predicted octanol–water partition coefficient (Wildman–Crippen LogP) is 4.94. The molecule has 0 aliphatic carbocycles. The SMILES string of the molecule is CN(Cc1ccccc1Br)C(=O)c1csc2ccccc12. The van der Waals surface area contributed by atoms with Gasteiger partial charge < -0.3 is 4.90 Å². The lowest BCUT2D eigenvalue weighted by atomic mass is 10.1. The van der Waals surface area contributed by atoms with Gasteiger partial charge in [0.15, 0.2) is 0 Å². The van der Waals surface area contributed by atoms with E-state index in [1.165, 1.54) is 0 Å². The first-order valence-electron chi connectivity index (χ1n) is 6.62. The smallest absolute Gasteiger partial charge is 0.255 e. The van der Waals surface area contributed by atoms with Crippen LogP contribution in [-0.2, 0) is 6.54 Å². The van der Waals surface area contributed by atoms with Gasteiger partial charge in [0.25, 0.3) is 5.91 Å². The molecule has 106 valence electrons. The molecule has 0 aliphatic rings. The normalized spacial score (nSPS) is 10.8. The Morgan fingerprint density at radius 2 is 1.86 bits per heavy atom. The fourth-order valence-electron chi connectivity index (χ4n) is 2.30. The van der Waals surface area contributed by atoms with Crippen LogP contribution in [0.15, 0.2) is 58.4 Å². The van der Waals surface area contributed by atoms with Crippen LogP contribution in [0.4, 0.5) is 0 Å². The Labute approximate surface area is 136 Å². The lowest BCUT2D eigenvalue weighted by Gasteiger charge is -2.17. The van der Waals surface area contributed by atoms with Gasteiger partial charge in [0.1, 0.15) is 0 Å². The first-order valence-corrected chi connectivity index (χ1v) is 8.29. The average Bonchev–Trinajstić information content (AvgIpc) is 2.92. The van der Waals surface area contributed by atoms with Crippen molar-refractivity contribution in [3.8, 4) is 0 Å². The van der Waals surface area contributed by atoms with Crippen molar-refractivity contribution < 1.29 is 4.79 Å². The Kier molecular flexibility index (Phi) is 4.08. The summed E-state index contributed by atoms with van der Waals surface area (Å²) in [5.74, 6) is 0.0585. The molecule has 1 heterocycles. The van der Waals surface area contributed by atoms with Crippen LogP contribution in [0.1, 0.15) is 15.9 Å². The van der Waals surface area contributed by atoms with E-state index in [1.54, 1.807) is 16.2 Å². The van der Waals surface area contributed by atoms with Crippen LogP contribution in [0, 0.1) is 0 Å². The lowest BCUT2D eigenvalue weighted by Crippen LogP contribution is -2.26. The quantitative estimate of drug-likeness (QED) is 0.648. The second-order valence-corrected chi connectivity index (χ2v) is 6.66. The molecule has 0 saturated heterocycles. The number of hydrogen-bond acceptors (Lipinski definition) is 2. The summed E-state index contributed by atoms with van der Waals surface area (Å²) in [6, 6.07) is 16.0. The third kappa shape index (κ3) is 2.87. The molecule has 0 bridgehead atoms. The van der Waals surface area contributed by atoms with Gasteiger partial charge in [-0.25, -0.2) is 0 Å². The highest BCUT2D eigenvalue weighted by atomic mass is 79.9. The number of halogens is 1. The summed E-state index contributed by atoms with van der Waals surface area (Å²) in [4.78, 5) is 14.4. The van der Waals surface area contributed by atoms with Crippen molar-refractivity contribution in [1.82, 2.24) is 4.90 Å². The van der Waals surface area contributed by atoms with E-state index >= 15 is 0 Å². The second kappa shape index (κ2) is 6.00. The monoisotopic (exact) mass is 359 g/mol. The van der Waals surface area contributed by atoms with Gasteiger partial charge >= 0.3 is 0 Å². The highest BCUT2D eigenvalue weighted by Crippen LogP contribution is 2.27. The summed E-state index contributed by atoms with van der Waals surface area (Å²) < 4.78 is 2.18. The Hall–Kier alpha value is -1.65. The number of benzene rings is 2. The Balaban J connectivity index is 1.86. The lowest BCUT2D eigenvalue weighted by molar-refractivity contribution is 0.0787. The minimum absolute atomic E-state index is 0.0585. The molecule has 21 heavy (non-hydrogen) atoms. The number of fused-ring (bicyclic) bond motifs is 1. The fraction of sp³-hybridized carbons (Fsp3) is 0.118. The first-order chi connectivity index (χ1) is 10.2. The molecule has 0 aliphatic heterocycles. The van der Waals surface area contributed by atoms with E-state index in [0.717, 1.165) is 25.7 Å². The molecular weight excluding hydrogens is 346 g/mol. The topological polar surface area (TPSA) is 20.3 Å². The van der Waals surface area contributed by atoms with E-state index in [1.807, 2.05) is 61.0 Å². The van der Waals surface area contributed by atoms with Crippen molar-refractivity contribution in [2.24, 2.45) is 0 Å². The molecule has 1 amide bonds. The molecule has 2 aromatic carbocycles. The molecule has 0 unspecified atom stereocenters. The van der Waals surface area contributed by atoms with Gasteiger partial charge in [-0.15, -0.1) is 11.3 Å². The van der Waals surface area contributed by atoms with Crippen molar-refractivity contribution in [3.05, 3.63) is 69.5 Å². The molecule has 3 rings (SSSR count). The number of carbonyl (C=O) groups is 1. The van der Waals surface area contributed by atoms with Gasteiger partial charge in [0.05, 0.1) is 5.56 Å². The summed E-state index contributed by atoms with van der Waals surface area (Å²) in [5, 5.41) is 2.98. The Morgan fingerprint density at radius 3 is 2.67 bits per heavy atom. The third-order valence-corrected chi connectivity index (χ3v) is 5.16. The van der Waals surface area contributed by atoms with Crippen LogP contribution < -0.4 is 0 Å². The van der Waals surface area contributed by atoms with E-state index in [0.29, 0.717) is 6.54 Å². The van der Waals surface area contributed by atoms with Crippen LogP contribution in [-0.4, -0.2) is 17.9 Å². The second-order valence-electron chi connectivity index (χ2n) is 4.90. The minimum atomic E-state index is 0.0585. The highest BCUT2D eigenvalue weighted by molar-refractivity contribution is 9.10. The summed E-state index contributed by atoms with van der Waals surface area (Å²) in [5.41, 5.74) is 1.89. The third-order valence-electron chi connectivity index (χ3n) is 3.42. The predicted molar refractivity (Wildman–Crippen MR) is 91.8 cm³/mol. The molecule has 4 heteroatoms. The molecule has 0 saturated carbocycles. The van der Waals surface area contributed by atoms with Gasteiger partial charge in [-0.1, -0.05) is 52.3 Å². The Bertz CT molecular complexity index is 796. The molecule has 0 atom stereocenters. The van der Waals surface area contributed by atoms with Crippen molar-refractivity contribution >= 4 is 43.3 Å². The Morgan fingerprint density at radius 1 is 1.14 bits per heavy atom. The van der Waals surface area contributed by atoms with E-state index < -0.39 is 0 Å². The van der Waals surface area contributed by atoms with Crippen LogP contribution in [0.3, 0.4) is 0 Å². The summed E-state index contributed by atoms with van der Waals surface area (Å²) >= 11 is 5.14. The van der Waals surface area contributed by atoms with Crippen molar-refractivity contribution in [1.29, 1.82) is 0 Å². The number of hydrogen-bond donors (Lipinski definition) is 0. The molecule has 3 aromatic rings. The molecule has 0 spiro atoms. The average molecular weight is 360 g/mol. The molecule has 0 radical (unpaired) electrons. The number of amides is 1. The number of rotatable bonds is 3. The van der Waals surface area contributed by atoms with Gasteiger partial charge in [0.2, 0.25) is 0 Å². The van der Waals surface area contributed by atoms with Crippen LogP contribution in [0.5, 0.6) is 0 Å².